The smallest absolute Gasteiger partial charge is 0.137 e. The first-order valence-corrected chi connectivity index (χ1v) is 16.0. The van der Waals surface area contributed by atoms with Crippen molar-refractivity contribution in [1.29, 1.82) is 0 Å². The number of furan rings is 1. The molecule has 0 aliphatic heterocycles. The van der Waals surface area contributed by atoms with Gasteiger partial charge in [0.15, 0.2) is 0 Å². The lowest BCUT2D eigenvalue weighted by atomic mass is 10.0. The molecule has 8 aromatic carbocycles. The van der Waals surface area contributed by atoms with Gasteiger partial charge in [0.1, 0.15) is 11.2 Å². The maximum Gasteiger partial charge on any atom is 0.137 e. The van der Waals surface area contributed by atoms with E-state index in [4.69, 9.17) is 4.42 Å². The molecule has 0 aliphatic rings. The maximum atomic E-state index is 6.47. The molecule has 2 aromatic heterocycles. The van der Waals surface area contributed by atoms with Crippen LogP contribution in [-0.2, 0) is 0 Å². The molecule has 0 amide bonds. The molecular weight excluding hydrogens is 572 g/mol. The van der Waals surface area contributed by atoms with Crippen molar-refractivity contribution in [3.63, 3.8) is 0 Å². The Bertz CT molecular complexity index is 2790. The van der Waals surface area contributed by atoms with Crippen LogP contribution in [-0.4, -0.2) is 4.57 Å². The van der Waals surface area contributed by atoms with Crippen molar-refractivity contribution in [3.05, 3.63) is 170 Å². The van der Waals surface area contributed by atoms with Gasteiger partial charge in [-0.2, -0.15) is 0 Å². The lowest BCUT2D eigenvalue weighted by molar-refractivity contribution is 0.669. The van der Waals surface area contributed by atoms with Crippen LogP contribution in [0, 0.1) is 0 Å². The summed E-state index contributed by atoms with van der Waals surface area (Å²) in [7, 11) is 0. The second-order valence-corrected chi connectivity index (χ2v) is 12.2. The molecule has 0 unspecified atom stereocenters. The monoisotopic (exact) mass is 600 g/mol. The summed E-state index contributed by atoms with van der Waals surface area (Å²) in [6, 6.07) is 60.7. The topological polar surface area (TPSA) is 21.3 Å². The average Bonchev–Trinajstić information content (AvgIpc) is 3.67. The molecule has 0 N–H and O–H groups in total. The second-order valence-electron chi connectivity index (χ2n) is 12.2. The molecule has 2 heterocycles. The predicted molar refractivity (Wildman–Crippen MR) is 198 cm³/mol. The molecular formula is C44H28N2O. The van der Waals surface area contributed by atoms with Crippen LogP contribution in [0.2, 0.25) is 0 Å². The van der Waals surface area contributed by atoms with Gasteiger partial charge in [0, 0.05) is 33.2 Å². The van der Waals surface area contributed by atoms with E-state index in [1.807, 2.05) is 0 Å². The summed E-state index contributed by atoms with van der Waals surface area (Å²) in [6.45, 7) is 0. The van der Waals surface area contributed by atoms with E-state index < -0.39 is 0 Å². The molecule has 3 heteroatoms. The summed E-state index contributed by atoms with van der Waals surface area (Å²) in [5, 5.41) is 9.69. The van der Waals surface area contributed by atoms with Gasteiger partial charge in [-0.15, -0.1) is 0 Å². The van der Waals surface area contributed by atoms with E-state index in [-0.39, 0.29) is 0 Å². The zero-order chi connectivity index (χ0) is 30.9. The largest absolute Gasteiger partial charge is 0.456 e. The zero-order valence-corrected chi connectivity index (χ0v) is 25.5. The highest BCUT2D eigenvalue weighted by atomic mass is 16.3. The van der Waals surface area contributed by atoms with Gasteiger partial charge >= 0.3 is 0 Å². The van der Waals surface area contributed by atoms with Gasteiger partial charge in [0.25, 0.3) is 0 Å². The first kappa shape index (κ1) is 26.0. The van der Waals surface area contributed by atoms with E-state index in [2.05, 4.69) is 179 Å². The molecule has 0 fully saturated rings. The number of anilines is 3. The third kappa shape index (κ3) is 3.93. The first-order valence-electron chi connectivity index (χ1n) is 16.0. The number of hydrogen-bond donors (Lipinski definition) is 0. The number of nitrogens with zero attached hydrogens (tertiary/aromatic N) is 2. The number of aromatic nitrogens is 1. The first-order chi connectivity index (χ1) is 23.3. The number of benzene rings is 8. The minimum Gasteiger partial charge on any atom is -0.456 e. The van der Waals surface area contributed by atoms with Crippen molar-refractivity contribution in [2.45, 2.75) is 0 Å². The molecule has 47 heavy (non-hydrogen) atoms. The highest BCUT2D eigenvalue weighted by molar-refractivity contribution is 6.21. The summed E-state index contributed by atoms with van der Waals surface area (Å²) in [6.07, 6.45) is 0. The fourth-order valence-corrected chi connectivity index (χ4v) is 7.45. The minimum atomic E-state index is 0.878. The van der Waals surface area contributed by atoms with Crippen LogP contribution in [0.3, 0.4) is 0 Å². The van der Waals surface area contributed by atoms with Gasteiger partial charge in [0.05, 0.1) is 22.1 Å². The van der Waals surface area contributed by atoms with Crippen LogP contribution in [0.4, 0.5) is 17.1 Å². The molecule has 0 aliphatic carbocycles. The van der Waals surface area contributed by atoms with Crippen molar-refractivity contribution in [3.8, 4) is 5.69 Å². The Labute approximate surface area is 271 Å². The highest BCUT2D eigenvalue weighted by Crippen LogP contribution is 2.44. The molecule has 10 aromatic rings. The second kappa shape index (κ2) is 10.1. The number of para-hydroxylation sites is 2. The number of rotatable bonds is 4. The Balaban J connectivity index is 1.18. The number of hydrogen-bond acceptors (Lipinski definition) is 2. The quantitative estimate of drug-likeness (QED) is 0.200. The lowest BCUT2D eigenvalue weighted by Gasteiger charge is -2.26. The molecule has 0 atom stereocenters. The van der Waals surface area contributed by atoms with Gasteiger partial charge in [0.2, 0.25) is 0 Å². The van der Waals surface area contributed by atoms with Gasteiger partial charge in [-0.1, -0.05) is 97.1 Å². The van der Waals surface area contributed by atoms with Crippen LogP contribution in [0.25, 0.3) is 71.0 Å². The van der Waals surface area contributed by atoms with E-state index in [1.54, 1.807) is 0 Å². The summed E-state index contributed by atoms with van der Waals surface area (Å²) < 4.78 is 8.87. The van der Waals surface area contributed by atoms with Gasteiger partial charge in [-0.05, 0) is 94.3 Å². The highest BCUT2D eigenvalue weighted by Gasteiger charge is 2.20. The standard InChI is InChI=1S/C44H28N2O/c1-2-14-32(15-3-1)45(39-19-10-20-41-44(39)37-27-30-12-4-5-13-31(30)28-42(37)47-41)33-22-24-34(25-23-33)46-38-18-9-8-17-36(38)43-35-16-7-6-11-29(35)21-26-40(43)46/h1-28H. The van der Waals surface area contributed by atoms with E-state index in [9.17, 15) is 0 Å². The SMILES string of the molecule is c1ccc(N(c2ccc(-n3c4ccccc4c4c5ccccc5ccc43)cc2)c2cccc3oc4cc5ccccc5cc4c23)cc1. The van der Waals surface area contributed by atoms with Crippen molar-refractivity contribution >= 4 is 82.4 Å². The normalized spacial score (nSPS) is 11.8. The average molecular weight is 601 g/mol. The van der Waals surface area contributed by atoms with Gasteiger partial charge < -0.3 is 13.9 Å². The van der Waals surface area contributed by atoms with Crippen molar-refractivity contribution < 1.29 is 4.42 Å². The molecule has 0 radical (unpaired) electrons. The summed E-state index contributed by atoms with van der Waals surface area (Å²) in [5.74, 6) is 0. The summed E-state index contributed by atoms with van der Waals surface area (Å²) in [4.78, 5) is 2.34. The third-order valence-corrected chi connectivity index (χ3v) is 9.53. The van der Waals surface area contributed by atoms with E-state index in [0.29, 0.717) is 0 Å². The van der Waals surface area contributed by atoms with Crippen molar-refractivity contribution in [1.82, 2.24) is 4.57 Å². The molecule has 0 saturated heterocycles. The van der Waals surface area contributed by atoms with Crippen LogP contribution in [0.5, 0.6) is 0 Å². The predicted octanol–water partition coefficient (Wildman–Crippen LogP) is 12.5. The number of fused-ring (bicyclic) bond motifs is 9. The Kier molecular flexibility index (Phi) is 5.57. The molecule has 10 rings (SSSR count). The van der Waals surface area contributed by atoms with Gasteiger partial charge in [-0.3, -0.25) is 0 Å². The van der Waals surface area contributed by atoms with E-state index >= 15 is 0 Å². The van der Waals surface area contributed by atoms with Crippen molar-refractivity contribution in [2.24, 2.45) is 0 Å². The third-order valence-electron chi connectivity index (χ3n) is 9.53. The van der Waals surface area contributed by atoms with E-state index in [0.717, 1.165) is 44.7 Å². The zero-order valence-electron chi connectivity index (χ0n) is 25.5. The van der Waals surface area contributed by atoms with Crippen LogP contribution >= 0.6 is 0 Å². The van der Waals surface area contributed by atoms with Crippen molar-refractivity contribution in [2.75, 3.05) is 4.90 Å². The Morgan fingerprint density at radius 2 is 1.09 bits per heavy atom. The lowest BCUT2D eigenvalue weighted by Crippen LogP contribution is -2.10. The summed E-state index contributed by atoms with van der Waals surface area (Å²) in [5.41, 5.74) is 8.56. The molecule has 0 spiro atoms. The fourth-order valence-electron chi connectivity index (χ4n) is 7.45. The Morgan fingerprint density at radius 3 is 1.91 bits per heavy atom. The van der Waals surface area contributed by atoms with Crippen LogP contribution in [0.15, 0.2) is 174 Å². The molecule has 3 nitrogen and oxygen atoms in total. The summed E-state index contributed by atoms with van der Waals surface area (Å²) >= 11 is 0. The van der Waals surface area contributed by atoms with Gasteiger partial charge in [-0.25, -0.2) is 0 Å². The fraction of sp³-hybridized carbons (Fsp3) is 0. The molecule has 0 bridgehead atoms. The maximum absolute atomic E-state index is 6.47. The molecule has 220 valence electrons. The Morgan fingerprint density at radius 1 is 0.404 bits per heavy atom. The Hall–Kier alpha value is -6.32. The van der Waals surface area contributed by atoms with E-state index in [1.165, 1.54) is 43.4 Å². The minimum absolute atomic E-state index is 0.878. The van der Waals surface area contributed by atoms with Crippen LogP contribution < -0.4 is 4.90 Å². The molecule has 0 saturated carbocycles. The van der Waals surface area contributed by atoms with Crippen LogP contribution in [0.1, 0.15) is 0 Å².